The van der Waals surface area contributed by atoms with Crippen LogP contribution in [0, 0.1) is 6.85 Å². The second kappa shape index (κ2) is 11.2. The molecule has 0 bridgehead atoms. The number of rotatable bonds is 4. The van der Waals surface area contributed by atoms with Crippen LogP contribution in [-0.4, -0.2) is 8.07 Å². The first-order valence-electron chi connectivity index (χ1n) is 22.9. The second-order valence-electron chi connectivity index (χ2n) is 12.3. The van der Waals surface area contributed by atoms with Gasteiger partial charge in [0.05, 0.1) is 0 Å². The van der Waals surface area contributed by atoms with Crippen LogP contribution in [0.25, 0.3) is 11.1 Å². The van der Waals surface area contributed by atoms with Gasteiger partial charge in [0, 0.05) is 51.0 Å². The minimum absolute atomic E-state index is 0.0332. The third kappa shape index (κ3) is 4.65. The summed E-state index contributed by atoms with van der Waals surface area (Å²) in [6, 6.07) is 37.9. The highest BCUT2D eigenvalue weighted by Gasteiger charge is 2.42. The fourth-order valence-electron chi connectivity index (χ4n) is 7.06. The summed E-state index contributed by atoms with van der Waals surface area (Å²) in [4.78, 5) is 1.74. The van der Waals surface area contributed by atoms with Crippen LogP contribution in [0.3, 0.4) is 0 Å². The van der Waals surface area contributed by atoms with Crippen LogP contribution in [0.4, 0.5) is 0 Å². The van der Waals surface area contributed by atoms with E-state index in [9.17, 15) is 0 Å². The smallest absolute Gasteiger partial charge is 0.0895 e. The molecule has 0 nitrogen and oxygen atoms in total. The number of hydrogen-bond acceptors (Lipinski definition) is 2. The van der Waals surface area contributed by atoms with Gasteiger partial charge in [-0.2, -0.15) is 0 Å². The Kier molecular flexibility index (Phi) is 4.30. The minimum Gasteiger partial charge on any atom is -0.0895 e. The van der Waals surface area contributed by atoms with Crippen LogP contribution in [0.2, 0.25) is 6.55 Å². The van der Waals surface area contributed by atoms with Crippen molar-refractivity contribution >= 4 is 47.2 Å². The molecule has 3 heteroatoms. The van der Waals surface area contributed by atoms with Crippen molar-refractivity contribution in [3.63, 3.8) is 0 Å². The number of hydrogen-bond donors (Lipinski definition) is 0. The fourth-order valence-corrected chi connectivity index (χ4v) is 14.0. The Balaban J connectivity index is 1.46. The van der Waals surface area contributed by atoms with E-state index in [1.54, 1.807) is 84.9 Å². The van der Waals surface area contributed by atoms with Crippen LogP contribution in [0.5, 0.6) is 0 Å². The van der Waals surface area contributed by atoms with Gasteiger partial charge in [0.15, 0.2) is 0 Å². The average molecular weight is 676 g/mol. The Hall–Kier alpha value is -3.76. The topological polar surface area (TPSA) is 0 Å². The largest absolute Gasteiger partial charge is 0.146 e. The monoisotopic (exact) mass is 675 g/mol. The average Bonchev–Trinajstić information content (AvgIpc) is 3.19. The van der Waals surface area contributed by atoms with E-state index in [1.165, 1.54) is 35.7 Å². The normalized spacial score (nSPS) is 22.7. The molecule has 6 aromatic rings. The van der Waals surface area contributed by atoms with E-state index < -0.39 is 53.2 Å². The first kappa shape index (κ1) is 18.1. The van der Waals surface area contributed by atoms with Gasteiger partial charge in [0.1, 0.15) is 8.07 Å². The van der Waals surface area contributed by atoms with Crippen LogP contribution >= 0.6 is 23.5 Å². The zero-order chi connectivity index (χ0) is 45.1. The van der Waals surface area contributed by atoms with Crippen LogP contribution < -0.4 is 15.6 Å². The Morgan fingerprint density at radius 2 is 1.09 bits per heavy atom. The third-order valence-electron chi connectivity index (χ3n) is 9.62. The fraction of sp³-hybridized carbons (Fsp3) is 0.182. The van der Waals surface area contributed by atoms with Gasteiger partial charge in [0.2, 0.25) is 0 Å². The molecule has 6 aromatic carbocycles. The van der Waals surface area contributed by atoms with Crippen molar-refractivity contribution < 1.29 is 20.6 Å². The van der Waals surface area contributed by atoms with E-state index in [1.807, 2.05) is 36.4 Å². The molecular weight excluding hydrogens is 621 g/mol. The van der Waals surface area contributed by atoms with Crippen molar-refractivity contribution in [1.82, 2.24) is 0 Å². The molecule has 0 N–H and O–H groups in total. The van der Waals surface area contributed by atoms with Gasteiger partial charge in [-0.3, -0.25) is 0 Å². The summed E-state index contributed by atoms with van der Waals surface area (Å²) in [7, 11) is -3.45. The van der Waals surface area contributed by atoms with E-state index in [4.69, 9.17) is 20.6 Å². The summed E-state index contributed by atoms with van der Waals surface area (Å²) in [6.45, 7) is -12.7. The molecule has 47 heavy (non-hydrogen) atoms. The van der Waals surface area contributed by atoms with Crippen LogP contribution in [-0.2, 0) is 10.8 Å². The third-order valence-corrected chi connectivity index (χ3v) is 16.7. The maximum absolute atomic E-state index is 8.93. The van der Waals surface area contributed by atoms with Gasteiger partial charge < -0.3 is 0 Å². The predicted molar refractivity (Wildman–Crippen MR) is 205 cm³/mol. The first-order chi connectivity index (χ1) is 28.8. The lowest BCUT2D eigenvalue weighted by Crippen LogP contribution is -2.65. The molecular formula is C44H40S2Si. The van der Waals surface area contributed by atoms with Gasteiger partial charge in [-0.15, -0.1) is 0 Å². The zero-order valence-corrected chi connectivity index (χ0v) is 28.2. The van der Waals surface area contributed by atoms with Gasteiger partial charge in [-0.25, -0.2) is 0 Å². The summed E-state index contributed by atoms with van der Waals surface area (Å²) in [5, 5.41) is 2.29. The van der Waals surface area contributed by atoms with E-state index in [-0.39, 0.29) is 33.4 Å². The lowest BCUT2D eigenvalue weighted by molar-refractivity contribution is 0.608. The van der Waals surface area contributed by atoms with Crippen LogP contribution in [0.15, 0.2) is 153 Å². The quantitative estimate of drug-likeness (QED) is 0.135. The molecule has 232 valence electrons. The van der Waals surface area contributed by atoms with E-state index in [0.717, 1.165) is 5.19 Å². The Morgan fingerprint density at radius 3 is 1.74 bits per heavy atom. The molecule has 2 aliphatic heterocycles. The molecule has 8 rings (SSSR count). The molecule has 0 saturated carbocycles. The van der Waals surface area contributed by atoms with Gasteiger partial charge in [0.25, 0.3) is 0 Å². The minimum atomic E-state index is -3.45. The zero-order valence-electron chi connectivity index (χ0n) is 40.5. The summed E-state index contributed by atoms with van der Waals surface area (Å²) in [6.07, 6.45) is 0. The van der Waals surface area contributed by atoms with E-state index >= 15 is 0 Å². The molecule has 0 fully saturated rings. The highest BCUT2D eigenvalue weighted by Crippen LogP contribution is 2.52. The van der Waals surface area contributed by atoms with Crippen molar-refractivity contribution in [3.05, 3.63) is 161 Å². The van der Waals surface area contributed by atoms with Crippen molar-refractivity contribution in [2.24, 2.45) is 0 Å². The second-order valence-corrected chi connectivity index (χ2v) is 18.4. The molecule has 1 unspecified atom stereocenters. The predicted octanol–water partition coefficient (Wildman–Crippen LogP) is 10.3. The van der Waals surface area contributed by atoms with E-state index in [0.29, 0.717) is 35.5 Å². The summed E-state index contributed by atoms with van der Waals surface area (Å²) in [5.74, 6) is 0. The standard InChI is InChI=1S/C44H40S2Si/c1-29-26-27-31(28-33(29)32-18-14-21-36-41(32)45-38-23-12-10-19-34(38)43(36,2)3)47(6,30-16-8-7-9-17-30)40-25-15-22-37-42(40)46-39-24-13-11-20-35(39)44(37,4)5/h7-28H,1-6H3/i1D3,2D3,3D3,4D3,5D3. The molecule has 0 aliphatic carbocycles. The van der Waals surface area contributed by atoms with Crippen molar-refractivity contribution in [1.29, 1.82) is 0 Å². The molecule has 0 aromatic heterocycles. The SMILES string of the molecule is [2H]C([2H])([2H])c1ccc([Si](C)(c2ccccc2)c2cccc3c2Sc2ccccc2C3(C([2H])([2H])[2H])C([2H])([2H])[2H])cc1-c1cccc2c1Sc1ccccc1C2(C([2H])([2H])[2H])C([2H])([2H])[2H]. The highest BCUT2D eigenvalue weighted by atomic mass is 32.2. The maximum atomic E-state index is 8.93. The maximum Gasteiger partial charge on any atom is 0.146 e. The van der Waals surface area contributed by atoms with Gasteiger partial charge >= 0.3 is 0 Å². The number of fused-ring (bicyclic) bond motifs is 4. The van der Waals surface area contributed by atoms with Crippen molar-refractivity contribution in [2.45, 2.75) is 71.2 Å². The van der Waals surface area contributed by atoms with Crippen molar-refractivity contribution in [2.75, 3.05) is 0 Å². The lowest BCUT2D eigenvalue weighted by atomic mass is 9.76. The van der Waals surface area contributed by atoms with Gasteiger partial charge in [-0.05, 0) is 73.5 Å². The molecule has 2 heterocycles. The lowest BCUT2D eigenvalue weighted by Gasteiger charge is -2.39. The summed E-state index contributed by atoms with van der Waals surface area (Å²) in [5.41, 5.74) is -3.73. The first-order valence-corrected chi connectivity index (χ1v) is 19.5. The Bertz CT molecular complexity index is 2690. The number of aryl methyl sites for hydroxylation is 1. The summed E-state index contributed by atoms with van der Waals surface area (Å²) >= 11 is 2.52. The highest BCUT2D eigenvalue weighted by molar-refractivity contribution is 8.00. The summed E-state index contributed by atoms with van der Waals surface area (Å²) < 4.78 is 133. The van der Waals surface area contributed by atoms with Crippen molar-refractivity contribution in [3.8, 4) is 11.1 Å². The van der Waals surface area contributed by atoms with Crippen LogP contribution in [0.1, 0.15) is 75.8 Å². The number of benzene rings is 6. The van der Waals surface area contributed by atoms with E-state index in [2.05, 4.69) is 6.55 Å². The molecule has 2 aliphatic rings. The molecule has 1 atom stereocenters. The molecule has 0 amide bonds. The molecule has 0 saturated heterocycles. The molecule has 0 spiro atoms. The molecule has 0 radical (unpaired) electrons. The Morgan fingerprint density at radius 1 is 0.511 bits per heavy atom. The Labute approximate surface area is 310 Å². The van der Waals surface area contributed by atoms with Gasteiger partial charge in [-0.1, -0.05) is 179 Å².